The lowest BCUT2D eigenvalue weighted by Crippen LogP contribution is -2.29. The van der Waals surface area contributed by atoms with Crippen molar-refractivity contribution in [1.29, 1.82) is 5.26 Å². The predicted octanol–water partition coefficient (Wildman–Crippen LogP) is 6.00. The van der Waals surface area contributed by atoms with Crippen LogP contribution in [0.1, 0.15) is 39.5 Å². The Bertz CT molecular complexity index is 1280. The van der Waals surface area contributed by atoms with Gasteiger partial charge in [0.05, 0.1) is 27.8 Å². The minimum absolute atomic E-state index is 0.0213. The number of hydrogen-bond acceptors (Lipinski definition) is 5. The first-order chi connectivity index (χ1) is 17.2. The monoisotopic (exact) mass is 534 g/mol. The maximum atomic E-state index is 13.1. The number of pyridine rings is 2. The second-order valence-electron chi connectivity index (χ2n) is 8.31. The first kappa shape index (κ1) is 25.7. The number of amides is 1. The number of ether oxygens (including phenoxy) is 1. The normalized spacial score (nSPS) is 17.6. The minimum atomic E-state index is -4.58. The molecule has 3 aromatic rings. The van der Waals surface area contributed by atoms with Gasteiger partial charge in [-0.2, -0.15) is 18.4 Å². The summed E-state index contributed by atoms with van der Waals surface area (Å²) < 4.78 is 44.3. The molecule has 2 unspecified atom stereocenters. The molecule has 4 rings (SSSR count). The van der Waals surface area contributed by atoms with Crippen molar-refractivity contribution >= 4 is 29.1 Å². The second-order valence-corrected chi connectivity index (χ2v) is 9.13. The van der Waals surface area contributed by atoms with Crippen LogP contribution in [-0.4, -0.2) is 40.5 Å². The van der Waals surface area contributed by atoms with E-state index in [1.54, 1.807) is 29.2 Å². The van der Waals surface area contributed by atoms with Gasteiger partial charge in [0.2, 0.25) is 5.88 Å². The van der Waals surface area contributed by atoms with Crippen LogP contribution in [0.2, 0.25) is 10.0 Å². The molecule has 36 heavy (non-hydrogen) atoms. The highest BCUT2D eigenvalue weighted by molar-refractivity contribution is 6.42. The number of carbonyl (C=O) groups is 1. The van der Waals surface area contributed by atoms with Crippen molar-refractivity contribution in [2.75, 3.05) is 19.7 Å². The Kier molecular flexibility index (Phi) is 7.67. The molecule has 0 spiro atoms. The summed E-state index contributed by atoms with van der Waals surface area (Å²) in [6.07, 6.45) is -1.64. The molecule has 1 saturated heterocycles. The number of halogens is 5. The second kappa shape index (κ2) is 10.7. The van der Waals surface area contributed by atoms with Crippen LogP contribution in [0.4, 0.5) is 13.2 Å². The number of hydrogen-bond donors (Lipinski definition) is 0. The molecular weight excluding hydrogens is 516 g/mol. The van der Waals surface area contributed by atoms with Crippen molar-refractivity contribution in [2.45, 2.75) is 18.5 Å². The molecule has 2 atom stereocenters. The van der Waals surface area contributed by atoms with Crippen molar-refractivity contribution in [2.24, 2.45) is 5.92 Å². The Morgan fingerprint density at radius 2 is 1.89 bits per heavy atom. The fourth-order valence-electron chi connectivity index (χ4n) is 4.17. The number of nitriles is 1. The van der Waals surface area contributed by atoms with Crippen molar-refractivity contribution in [3.8, 4) is 11.9 Å². The summed E-state index contributed by atoms with van der Waals surface area (Å²) in [5, 5.41) is 9.69. The molecule has 3 heterocycles. The van der Waals surface area contributed by atoms with E-state index in [0.29, 0.717) is 47.6 Å². The number of aromatic nitrogens is 2. The fourth-order valence-corrected chi connectivity index (χ4v) is 4.47. The molecule has 2 aromatic heterocycles. The zero-order valence-electron chi connectivity index (χ0n) is 18.7. The molecule has 1 amide bonds. The van der Waals surface area contributed by atoms with Gasteiger partial charge in [0.1, 0.15) is 11.8 Å². The molecule has 1 aliphatic rings. The van der Waals surface area contributed by atoms with E-state index in [1.165, 1.54) is 6.20 Å². The van der Waals surface area contributed by atoms with Gasteiger partial charge in [0.25, 0.3) is 5.91 Å². The number of rotatable bonds is 6. The van der Waals surface area contributed by atoms with Gasteiger partial charge >= 0.3 is 6.18 Å². The Labute approximate surface area is 215 Å². The van der Waals surface area contributed by atoms with E-state index >= 15 is 0 Å². The van der Waals surface area contributed by atoms with E-state index in [2.05, 4.69) is 9.97 Å². The van der Waals surface area contributed by atoms with Crippen LogP contribution in [0.25, 0.3) is 0 Å². The SMILES string of the molecule is N#Cc1ccc(OCCC2CN(C(=O)c3ccc(C(F)(F)F)nc3)CC2c2ccc(Cl)c(Cl)c2)nc1. The molecule has 1 fully saturated rings. The van der Waals surface area contributed by atoms with Crippen LogP contribution in [0.5, 0.6) is 5.88 Å². The highest BCUT2D eigenvalue weighted by atomic mass is 35.5. The molecule has 0 saturated carbocycles. The van der Waals surface area contributed by atoms with Crippen molar-refractivity contribution < 1.29 is 22.7 Å². The lowest BCUT2D eigenvalue weighted by atomic mass is 9.87. The van der Waals surface area contributed by atoms with E-state index < -0.39 is 17.8 Å². The number of benzene rings is 1. The molecule has 0 radical (unpaired) electrons. The molecule has 6 nitrogen and oxygen atoms in total. The van der Waals surface area contributed by atoms with Gasteiger partial charge in [-0.25, -0.2) is 4.98 Å². The summed E-state index contributed by atoms with van der Waals surface area (Å²) in [6, 6.07) is 12.4. The smallest absolute Gasteiger partial charge is 0.433 e. The number of nitrogens with zero attached hydrogens (tertiary/aromatic N) is 4. The van der Waals surface area contributed by atoms with Crippen molar-refractivity contribution in [3.63, 3.8) is 0 Å². The summed E-state index contributed by atoms with van der Waals surface area (Å²) in [7, 11) is 0. The van der Waals surface area contributed by atoms with Crippen LogP contribution in [0.3, 0.4) is 0 Å². The van der Waals surface area contributed by atoms with Crippen LogP contribution in [0, 0.1) is 17.2 Å². The average molecular weight is 535 g/mol. The number of alkyl halides is 3. The van der Waals surface area contributed by atoms with Crippen LogP contribution >= 0.6 is 23.2 Å². The predicted molar refractivity (Wildman–Crippen MR) is 127 cm³/mol. The molecule has 1 aromatic carbocycles. The fraction of sp³-hybridized carbons (Fsp3) is 0.280. The highest BCUT2D eigenvalue weighted by Gasteiger charge is 2.37. The molecule has 1 aliphatic heterocycles. The molecule has 11 heteroatoms. The van der Waals surface area contributed by atoms with Gasteiger partial charge in [-0.15, -0.1) is 0 Å². The topological polar surface area (TPSA) is 79.1 Å². The highest BCUT2D eigenvalue weighted by Crippen LogP contribution is 2.38. The lowest BCUT2D eigenvalue weighted by Gasteiger charge is -2.19. The average Bonchev–Trinajstić information content (AvgIpc) is 3.29. The summed E-state index contributed by atoms with van der Waals surface area (Å²) in [6.45, 7) is 1.03. The van der Waals surface area contributed by atoms with Gasteiger partial charge in [-0.3, -0.25) is 9.78 Å². The quantitative estimate of drug-likeness (QED) is 0.387. The molecule has 0 N–H and O–H groups in total. The Morgan fingerprint density at radius 3 is 2.50 bits per heavy atom. The van der Waals surface area contributed by atoms with E-state index in [4.69, 9.17) is 33.2 Å². The third kappa shape index (κ3) is 5.89. The van der Waals surface area contributed by atoms with E-state index in [1.807, 2.05) is 12.1 Å². The summed E-state index contributed by atoms with van der Waals surface area (Å²) in [5.74, 6) is -0.143. The van der Waals surface area contributed by atoms with Gasteiger partial charge in [-0.05, 0) is 48.2 Å². The van der Waals surface area contributed by atoms with Gasteiger partial charge in [-0.1, -0.05) is 29.3 Å². The maximum Gasteiger partial charge on any atom is 0.433 e. The van der Waals surface area contributed by atoms with Crippen molar-refractivity contribution in [3.05, 3.63) is 87.3 Å². The molecule has 186 valence electrons. The van der Waals surface area contributed by atoms with E-state index in [9.17, 15) is 18.0 Å². The first-order valence-corrected chi connectivity index (χ1v) is 11.7. The summed E-state index contributed by atoms with van der Waals surface area (Å²) >= 11 is 12.3. The zero-order valence-corrected chi connectivity index (χ0v) is 20.2. The third-order valence-corrected chi connectivity index (χ3v) is 6.74. The molecule has 0 aliphatic carbocycles. The van der Waals surface area contributed by atoms with Crippen LogP contribution in [0.15, 0.2) is 54.9 Å². The Morgan fingerprint density at radius 1 is 1.08 bits per heavy atom. The van der Waals surface area contributed by atoms with E-state index in [0.717, 1.165) is 23.9 Å². The van der Waals surface area contributed by atoms with Crippen LogP contribution in [-0.2, 0) is 6.18 Å². The van der Waals surface area contributed by atoms with E-state index in [-0.39, 0.29) is 17.4 Å². The van der Waals surface area contributed by atoms with Crippen LogP contribution < -0.4 is 4.74 Å². The standard InChI is InChI=1S/C25H19Cl2F3N4O2/c26-20-4-2-16(9-21(20)27)19-14-34(24(35)17-3-5-22(32-12-17)25(28,29)30)13-18(19)7-8-36-23-6-1-15(10-31)11-33-23/h1-6,9,11-12,18-19H,7-8,13-14H2. The molecular formula is C25H19Cl2F3N4O2. The Hall–Kier alpha value is -3.35. The van der Waals surface area contributed by atoms with Crippen molar-refractivity contribution in [1.82, 2.24) is 14.9 Å². The third-order valence-electron chi connectivity index (χ3n) is 6.00. The largest absolute Gasteiger partial charge is 0.478 e. The summed E-state index contributed by atoms with van der Waals surface area (Å²) in [4.78, 5) is 22.2. The lowest BCUT2D eigenvalue weighted by molar-refractivity contribution is -0.141. The number of carbonyl (C=O) groups excluding carboxylic acids is 1. The minimum Gasteiger partial charge on any atom is -0.478 e. The first-order valence-electron chi connectivity index (χ1n) is 10.9. The zero-order chi connectivity index (χ0) is 25.9. The van der Waals surface area contributed by atoms with Gasteiger partial charge < -0.3 is 9.64 Å². The number of likely N-dealkylation sites (tertiary alicyclic amines) is 1. The van der Waals surface area contributed by atoms with Gasteiger partial charge in [0.15, 0.2) is 0 Å². The summed E-state index contributed by atoms with van der Waals surface area (Å²) in [5.41, 5.74) is 0.339. The Balaban J connectivity index is 1.50. The molecule has 0 bridgehead atoms. The maximum absolute atomic E-state index is 13.1. The van der Waals surface area contributed by atoms with Gasteiger partial charge in [0, 0.05) is 37.5 Å².